The van der Waals surface area contributed by atoms with Gasteiger partial charge in [0.15, 0.2) is 5.69 Å². The molecule has 0 bridgehead atoms. The fraction of sp³-hybridized carbons (Fsp3) is 0.300. The second-order valence-electron chi connectivity index (χ2n) is 3.96. The molecule has 0 unspecified atom stereocenters. The van der Waals surface area contributed by atoms with Crippen LogP contribution in [0.25, 0.3) is 0 Å². The molecule has 0 radical (unpaired) electrons. The van der Waals surface area contributed by atoms with E-state index in [-0.39, 0.29) is 18.1 Å². The third kappa shape index (κ3) is 2.76. The van der Waals surface area contributed by atoms with Crippen molar-refractivity contribution >= 4 is 17.6 Å². The van der Waals surface area contributed by atoms with Crippen LogP contribution in [0.2, 0.25) is 0 Å². The Morgan fingerprint density at radius 3 is 2.74 bits per heavy atom. The molecular formula is C10H12N6O3. The molecule has 2 heterocycles. The van der Waals surface area contributed by atoms with Crippen molar-refractivity contribution in [3.63, 3.8) is 0 Å². The van der Waals surface area contributed by atoms with Gasteiger partial charge in [-0.15, -0.1) is 5.10 Å². The Morgan fingerprint density at radius 1 is 1.47 bits per heavy atom. The molecule has 0 aliphatic carbocycles. The van der Waals surface area contributed by atoms with E-state index in [9.17, 15) is 9.59 Å². The number of nitrogens with one attached hydrogen (secondary N) is 2. The minimum Gasteiger partial charge on any atom is -0.476 e. The molecule has 0 aromatic carbocycles. The molecular weight excluding hydrogens is 252 g/mol. The van der Waals surface area contributed by atoms with Gasteiger partial charge in [-0.1, -0.05) is 5.21 Å². The molecule has 0 saturated heterocycles. The number of carboxylic acid groups (broad SMARTS) is 1. The summed E-state index contributed by atoms with van der Waals surface area (Å²) in [5.41, 5.74) is 1.83. The van der Waals surface area contributed by atoms with Gasteiger partial charge in [0, 0.05) is 0 Å². The van der Waals surface area contributed by atoms with Gasteiger partial charge < -0.3 is 10.4 Å². The summed E-state index contributed by atoms with van der Waals surface area (Å²) in [7, 11) is 0. The molecule has 9 heteroatoms. The molecule has 3 N–H and O–H groups in total. The first-order valence-corrected chi connectivity index (χ1v) is 5.42. The number of anilines is 1. The Bertz CT molecular complexity index is 609. The predicted octanol–water partition coefficient (Wildman–Crippen LogP) is -0.0451. The van der Waals surface area contributed by atoms with E-state index >= 15 is 0 Å². The molecule has 2 aromatic heterocycles. The number of carbonyl (C=O) groups is 2. The number of H-pyrrole nitrogens is 1. The SMILES string of the molecule is Cc1n[nH]c(C)c1NC(=O)Cn1cc(C(=O)O)nn1. The van der Waals surface area contributed by atoms with E-state index in [4.69, 9.17) is 5.11 Å². The van der Waals surface area contributed by atoms with Gasteiger partial charge in [0.2, 0.25) is 5.91 Å². The molecule has 2 rings (SSSR count). The number of hydrogen-bond acceptors (Lipinski definition) is 5. The maximum atomic E-state index is 11.8. The van der Waals surface area contributed by atoms with Crippen LogP contribution < -0.4 is 5.32 Å². The fourth-order valence-corrected chi connectivity index (χ4v) is 1.53. The smallest absolute Gasteiger partial charge is 0.358 e. The Labute approximate surface area is 107 Å². The summed E-state index contributed by atoms with van der Waals surface area (Å²) in [6.07, 6.45) is 1.19. The molecule has 0 saturated carbocycles. The normalized spacial score (nSPS) is 10.4. The number of aryl methyl sites for hydroxylation is 2. The van der Waals surface area contributed by atoms with Gasteiger partial charge in [-0.05, 0) is 13.8 Å². The third-order valence-electron chi connectivity index (χ3n) is 2.46. The largest absolute Gasteiger partial charge is 0.476 e. The van der Waals surface area contributed by atoms with E-state index in [1.54, 1.807) is 13.8 Å². The van der Waals surface area contributed by atoms with Crippen molar-refractivity contribution in [2.75, 3.05) is 5.32 Å². The summed E-state index contributed by atoms with van der Waals surface area (Å²) < 4.78 is 1.16. The Hall–Kier alpha value is -2.71. The van der Waals surface area contributed by atoms with Crippen molar-refractivity contribution in [1.82, 2.24) is 25.2 Å². The first-order valence-electron chi connectivity index (χ1n) is 5.42. The average molecular weight is 264 g/mol. The summed E-state index contributed by atoms with van der Waals surface area (Å²) in [5, 5.41) is 25.0. The highest BCUT2D eigenvalue weighted by atomic mass is 16.4. The topological polar surface area (TPSA) is 126 Å². The van der Waals surface area contributed by atoms with Crippen molar-refractivity contribution in [3.8, 4) is 0 Å². The molecule has 0 fully saturated rings. The second-order valence-corrected chi connectivity index (χ2v) is 3.96. The van der Waals surface area contributed by atoms with E-state index in [2.05, 4.69) is 25.8 Å². The van der Waals surface area contributed by atoms with Crippen LogP contribution in [-0.2, 0) is 11.3 Å². The maximum absolute atomic E-state index is 11.8. The van der Waals surface area contributed by atoms with E-state index in [0.29, 0.717) is 11.4 Å². The third-order valence-corrected chi connectivity index (χ3v) is 2.46. The van der Waals surface area contributed by atoms with Gasteiger partial charge >= 0.3 is 5.97 Å². The lowest BCUT2D eigenvalue weighted by Gasteiger charge is -2.04. The van der Waals surface area contributed by atoms with Gasteiger partial charge in [0.05, 0.1) is 23.3 Å². The van der Waals surface area contributed by atoms with Gasteiger partial charge in [-0.3, -0.25) is 9.89 Å². The van der Waals surface area contributed by atoms with Gasteiger partial charge in [-0.2, -0.15) is 5.10 Å². The summed E-state index contributed by atoms with van der Waals surface area (Å²) in [6, 6.07) is 0. The van der Waals surface area contributed by atoms with Crippen LogP contribution in [-0.4, -0.2) is 42.2 Å². The molecule has 0 spiro atoms. The quantitative estimate of drug-likeness (QED) is 0.711. The highest BCUT2D eigenvalue weighted by Gasteiger charge is 2.13. The first-order chi connectivity index (χ1) is 8.97. The average Bonchev–Trinajstić information content (AvgIpc) is 2.91. The molecule has 0 aliphatic rings. The Kier molecular flexibility index (Phi) is 3.27. The molecule has 2 aromatic rings. The number of rotatable bonds is 4. The molecule has 100 valence electrons. The van der Waals surface area contributed by atoms with Crippen molar-refractivity contribution in [2.45, 2.75) is 20.4 Å². The van der Waals surface area contributed by atoms with Crippen molar-refractivity contribution in [3.05, 3.63) is 23.3 Å². The highest BCUT2D eigenvalue weighted by Crippen LogP contribution is 2.15. The van der Waals surface area contributed by atoms with E-state index in [1.807, 2.05) is 0 Å². The number of nitrogens with zero attached hydrogens (tertiary/aromatic N) is 4. The summed E-state index contributed by atoms with van der Waals surface area (Å²) in [4.78, 5) is 22.4. The molecule has 1 amide bonds. The van der Waals surface area contributed by atoms with Crippen molar-refractivity contribution in [1.29, 1.82) is 0 Å². The van der Waals surface area contributed by atoms with Crippen LogP contribution in [0.4, 0.5) is 5.69 Å². The Balaban J connectivity index is 2.03. The van der Waals surface area contributed by atoms with E-state index < -0.39 is 5.97 Å². The highest BCUT2D eigenvalue weighted by molar-refractivity contribution is 5.91. The van der Waals surface area contributed by atoms with Gasteiger partial charge in [0.1, 0.15) is 6.54 Å². The van der Waals surface area contributed by atoms with Gasteiger partial charge in [0.25, 0.3) is 0 Å². The standard InChI is InChI=1S/C10H12N6O3/c1-5-9(6(2)13-12-5)11-8(17)4-16-3-7(10(18)19)14-15-16/h3H,4H2,1-2H3,(H,11,17)(H,12,13)(H,18,19). The maximum Gasteiger partial charge on any atom is 0.358 e. The number of carbonyl (C=O) groups excluding carboxylic acids is 1. The summed E-state index contributed by atoms with van der Waals surface area (Å²) in [5.74, 6) is -1.53. The molecule has 0 atom stereocenters. The number of aromatic amines is 1. The lowest BCUT2D eigenvalue weighted by molar-refractivity contribution is -0.116. The predicted molar refractivity (Wildman–Crippen MR) is 63.7 cm³/mol. The number of amides is 1. The lowest BCUT2D eigenvalue weighted by atomic mass is 10.3. The second kappa shape index (κ2) is 4.88. The zero-order chi connectivity index (χ0) is 14.0. The van der Waals surface area contributed by atoms with Crippen LogP contribution >= 0.6 is 0 Å². The summed E-state index contributed by atoms with van der Waals surface area (Å²) in [6.45, 7) is 3.43. The zero-order valence-corrected chi connectivity index (χ0v) is 10.3. The minimum absolute atomic E-state index is 0.121. The summed E-state index contributed by atoms with van der Waals surface area (Å²) >= 11 is 0. The van der Waals surface area contributed by atoms with E-state index in [1.165, 1.54) is 6.20 Å². The van der Waals surface area contributed by atoms with E-state index in [0.717, 1.165) is 10.4 Å². The first kappa shape index (κ1) is 12.7. The van der Waals surface area contributed by atoms with Crippen LogP contribution in [0.15, 0.2) is 6.20 Å². The van der Waals surface area contributed by atoms with Crippen LogP contribution in [0.3, 0.4) is 0 Å². The van der Waals surface area contributed by atoms with Crippen LogP contribution in [0.1, 0.15) is 21.9 Å². The number of hydrogen-bond donors (Lipinski definition) is 3. The van der Waals surface area contributed by atoms with Gasteiger partial charge in [-0.25, -0.2) is 9.48 Å². The lowest BCUT2D eigenvalue weighted by Crippen LogP contribution is -2.19. The van der Waals surface area contributed by atoms with Crippen LogP contribution in [0.5, 0.6) is 0 Å². The fourth-order valence-electron chi connectivity index (χ4n) is 1.53. The number of aromatic nitrogens is 5. The monoisotopic (exact) mass is 264 g/mol. The molecule has 0 aliphatic heterocycles. The minimum atomic E-state index is -1.19. The van der Waals surface area contributed by atoms with Crippen molar-refractivity contribution in [2.24, 2.45) is 0 Å². The van der Waals surface area contributed by atoms with Crippen LogP contribution in [0, 0.1) is 13.8 Å². The molecule has 19 heavy (non-hydrogen) atoms. The number of aromatic carboxylic acids is 1. The zero-order valence-electron chi connectivity index (χ0n) is 10.3. The van der Waals surface area contributed by atoms with Crippen molar-refractivity contribution < 1.29 is 14.7 Å². The molecule has 9 nitrogen and oxygen atoms in total. The number of carboxylic acids is 1. The Morgan fingerprint density at radius 2 is 2.21 bits per heavy atom.